The first-order valence-corrected chi connectivity index (χ1v) is 10.8. The van der Waals surface area contributed by atoms with Crippen LogP contribution in [0.15, 0.2) is 24.3 Å². The SMILES string of the molecule is COc1ccc(CCN2C(=O)N(CC(C)C)C(=O)C23CCN(C(C)C)CC3)cc1. The van der Waals surface area contributed by atoms with Crippen LogP contribution in [0.4, 0.5) is 4.79 Å². The number of piperidine rings is 1. The summed E-state index contributed by atoms with van der Waals surface area (Å²) in [5.74, 6) is 1.09. The van der Waals surface area contributed by atoms with Crippen LogP contribution in [0.5, 0.6) is 5.75 Å². The van der Waals surface area contributed by atoms with Gasteiger partial charge in [-0.05, 0) is 56.7 Å². The predicted molar refractivity (Wildman–Crippen MR) is 114 cm³/mol. The molecule has 0 aromatic heterocycles. The Bertz CT molecular complexity index is 721. The zero-order chi connectivity index (χ0) is 21.2. The Balaban J connectivity index is 1.80. The summed E-state index contributed by atoms with van der Waals surface area (Å²) in [6.45, 7) is 11.2. The van der Waals surface area contributed by atoms with Crippen LogP contribution in [0.2, 0.25) is 0 Å². The number of ether oxygens (including phenoxy) is 1. The molecule has 0 aliphatic carbocycles. The summed E-state index contributed by atoms with van der Waals surface area (Å²) >= 11 is 0. The highest BCUT2D eigenvalue weighted by Crippen LogP contribution is 2.38. The lowest BCUT2D eigenvalue weighted by Gasteiger charge is -2.43. The fraction of sp³-hybridized carbons (Fsp3) is 0.652. The fourth-order valence-corrected chi connectivity index (χ4v) is 4.55. The topological polar surface area (TPSA) is 53.1 Å². The number of hydrogen-bond donors (Lipinski definition) is 0. The Morgan fingerprint density at radius 3 is 2.17 bits per heavy atom. The van der Waals surface area contributed by atoms with Crippen molar-refractivity contribution in [3.05, 3.63) is 29.8 Å². The van der Waals surface area contributed by atoms with Crippen molar-refractivity contribution >= 4 is 11.9 Å². The van der Waals surface area contributed by atoms with Crippen molar-refractivity contribution in [1.29, 1.82) is 0 Å². The molecule has 0 N–H and O–H groups in total. The van der Waals surface area contributed by atoms with Gasteiger partial charge in [-0.1, -0.05) is 26.0 Å². The molecule has 1 aromatic carbocycles. The van der Waals surface area contributed by atoms with Gasteiger partial charge in [0.1, 0.15) is 11.3 Å². The second-order valence-electron chi connectivity index (χ2n) is 9.00. The van der Waals surface area contributed by atoms with Crippen molar-refractivity contribution in [2.24, 2.45) is 5.92 Å². The Morgan fingerprint density at radius 2 is 1.66 bits per heavy atom. The first kappa shape index (κ1) is 21.6. The maximum Gasteiger partial charge on any atom is 0.327 e. The minimum atomic E-state index is -0.677. The van der Waals surface area contributed by atoms with Crippen molar-refractivity contribution in [1.82, 2.24) is 14.7 Å². The van der Waals surface area contributed by atoms with Crippen LogP contribution in [0.1, 0.15) is 46.1 Å². The maximum absolute atomic E-state index is 13.4. The van der Waals surface area contributed by atoms with Crippen LogP contribution in [0, 0.1) is 5.92 Å². The van der Waals surface area contributed by atoms with E-state index in [2.05, 4.69) is 32.6 Å². The standard InChI is InChI=1S/C23H35N3O3/c1-17(2)16-25-21(27)23(11-14-24(15-12-23)18(3)4)26(22(25)28)13-10-19-6-8-20(29-5)9-7-19/h6-9,17-18H,10-16H2,1-5H3. The lowest BCUT2D eigenvalue weighted by molar-refractivity contribution is -0.136. The van der Waals surface area contributed by atoms with Crippen LogP contribution < -0.4 is 4.74 Å². The number of benzene rings is 1. The van der Waals surface area contributed by atoms with E-state index in [1.54, 1.807) is 7.11 Å². The normalized spacial score (nSPS) is 19.8. The van der Waals surface area contributed by atoms with Gasteiger partial charge in [0.2, 0.25) is 0 Å². The van der Waals surface area contributed by atoms with Crippen LogP contribution >= 0.6 is 0 Å². The number of imide groups is 1. The van der Waals surface area contributed by atoms with Gasteiger partial charge in [-0.2, -0.15) is 0 Å². The van der Waals surface area contributed by atoms with Crippen LogP contribution in [-0.4, -0.2) is 71.5 Å². The van der Waals surface area contributed by atoms with E-state index in [1.807, 2.05) is 29.2 Å². The minimum absolute atomic E-state index is 0.00865. The monoisotopic (exact) mass is 401 g/mol. The molecule has 0 bridgehead atoms. The quantitative estimate of drug-likeness (QED) is 0.657. The molecular weight excluding hydrogens is 366 g/mol. The first-order chi connectivity index (χ1) is 13.8. The van der Waals surface area contributed by atoms with Gasteiger partial charge >= 0.3 is 6.03 Å². The molecule has 6 nitrogen and oxygen atoms in total. The number of methoxy groups -OCH3 is 1. The van der Waals surface area contributed by atoms with Crippen molar-refractivity contribution in [3.63, 3.8) is 0 Å². The van der Waals surface area contributed by atoms with Crippen LogP contribution in [0.25, 0.3) is 0 Å². The molecule has 160 valence electrons. The highest BCUT2D eigenvalue weighted by Gasteiger charge is 2.57. The highest BCUT2D eigenvalue weighted by atomic mass is 16.5. The Morgan fingerprint density at radius 1 is 1.03 bits per heavy atom. The van der Waals surface area contributed by atoms with Crippen molar-refractivity contribution < 1.29 is 14.3 Å². The summed E-state index contributed by atoms with van der Waals surface area (Å²) in [6.07, 6.45) is 2.16. The van der Waals surface area contributed by atoms with Crippen molar-refractivity contribution in [3.8, 4) is 5.75 Å². The number of nitrogens with zero attached hydrogens (tertiary/aromatic N) is 3. The third kappa shape index (κ3) is 4.27. The number of carbonyl (C=O) groups is 2. The number of urea groups is 1. The van der Waals surface area contributed by atoms with Crippen molar-refractivity contribution in [2.45, 2.75) is 58.5 Å². The molecule has 3 rings (SSSR count). The minimum Gasteiger partial charge on any atom is -0.497 e. The van der Waals surface area contributed by atoms with Gasteiger partial charge in [0.05, 0.1) is 7.11 Å². The molecule has 2 aliphatic rings. The van der Waals surface area contributed by atoms with Gasteiger partial charge in [0, 0.05) is 32.2 Å². The van der Waals surface area contributed by atoms with Crippen molar-refractivity contribution in [2.75, 3.05) is 33.3 Å². The van der Waals surface area contributed by atoms with Gasteiger partial charge in [0.15, 0.2) is 0 Å². The maximum atomic E-state index is 13.4. The molecule has 3 amide bonds. The fourth-order valence-electron chi connectivity index (χ4n) is 4.55. The number of amides is 3. The smallest absolute Gasteiger partial charge is 0.327 e. The molecule has 0 saturated carbocycles. The number of rotatable bonds is 7. The molecule has 29 heavy (non-hydrogen) atoms. The van der Waals surface area contributed by atoms with Crippen LogP contribution in [0.3, 0.4) is 0 Å². The summed E-state index contributed by atoms with van der Waals surface area (Å²) in [7, 11) is 1.65. The van der Waals surface area contributed by atoms with E-state index in [1.165, 1.54) is 4.90 Å². The van der Waals surface area contributed by atoms with Crippen LogP contribution in [-0.2, 0) is 11.2 Å². The molecule has 1 aromatic rings. The summed E-state index contributed by atoms with van der Waals surface area (Å²) in [5, 5.41) is 0. The Labute approximate surface area is 174 Å². The number of likely N-dealkylation sites (tertiary alicyclic amines) is 1. The van der Waals surface area contributed by atoms with Gasteiger partial charge in [-0.15, -0.1) is 0 Å². The van der Waals surface area contributed by atoms with Gasteiger partial charge < -0.3 is 14.5 Å². The molecule has 0 unspecified atom stereocenters. The molecule has 2 fully saturated rings. The van der Waals surface area contributed by atoms with E-state index >= 15 is 0 Å². The molecular formula is C23H35N3O3. The van der Waals surface area contributed by atoms with Gasteiger partial charge in [0.25, 0.3) is 5.91 Å². The summed E-state index contributed by atoms with van der Waals surface area (Å²) in [6, 6.07) is 8.28. The molecule has 0 atom stereocenters. The van der Waals surface area contributed by atoms with Gasteiger partial charge in [-0.3, -0.25) is 9.69 Å². The summed E-state index contributed by atoms with van der Waals surface area (Å²) < 4.78 is 5.23. The van der Waals surface area contributed by atoms with E-state index in [-0.39, 0.29) is 17.9 Å². The van der Waals surface area contributed by atoms with E-state index in [0.717, 1.165) is 30.8 Å². The average Bonchev–Trinajstić information content (AvgIpc) is 2.88. The molecule has 2 aliphatic heterocycles. The molecule has 6 heteroatoms. The second-order valence-corrected chi connectivity index (χ2v) is 9.00. The van der Waals surface area contributed by atoms with E-state index < -0.39 is 5.54 Å². The van der Waals surface area contributed by atoms with E-state index in [0.29, 0.717) is 32.0 Å². The summed E-state index contributed by atoms with van der Waals surface area (Å²) in [4.78, 5) is 32.5. The summed E-state index contributed by atoms with van der Waals surface area (Å²) in [5.41, 5.74) is 0.465. The zero-order valence-corrected chi connectivity index (χ0v) is 18.5. The first-order valence-electron chi connectivity index (χ1n) is 10.8. The Hall–Kier alpha value is -2.08. The lowest BCUT2D eigenvalue weighted by Crippen LogP contribution is -2.57. The molecule has 2 heterocycles. The van der Waals surface area contributed by atoms with E-state index in [4.69, 9.17) is 4.74 Å². The highest BCUT2D eigenvalue weighted by molar-refractivity contribution is 6.07. The third-order valence-electron chi connectivity index (χ3n) is 6.31. The zero-order valence-electron chi connectivity index (χ0n) is 18.5. The Kier molecular flexibility index (Phi) is 6.52. The number of carbonyl (C=O) groups excluding carboxylic acids is 2. The van der Waals surface area contributed by atoms with Gasteiger partial charge in [-0.25, -0.2) is 4.79 Å². The molecule has 0 radical (unpaired) electrons. The lowest BCUT2D eigenvalue weighted by atomic mass is 9.85. The average molecular weight is 402 g/mol. The second kappa shape index (κ2) is 8.74. The predicted octanol–water partition coefficient (Wildman–Crippen LogP) is 3.40. The molecule has 1 spiro atoms. The third-order valence-corrected chi connectivity index (χ3v) is 6.31. The largest absolute Gasteiger partial charge is 0.497 e. The van der Waals surface area contributed by atoms with E-state index in [9.17, 15) is 9.59 Å². The number of hydrogen-bond acceptors (Lipinski definition) is 4. The molecule has 2 saturated heterocycles.